The Labute approximate surface area is 116 Å². The molecule has 0 N–H and O–H groups in total. The van der Waals surface area contributed by atoms with Crippen LogP contribution in [0.3, 0.4) is 0 Å². The molecular weight excluding hydrogens is 238 g/mol. The molecule has 0 aromatic rings. The van der Waals surface area contributed by atoms with Gasteiger partial charge in [-0.25, -0.2) is 0 Å². The fraction of sp³-hybridized carbons (Fsp3) is 0.812. The van der Waals surface area contributed by atoms with Crippen molar-refractivity contribution in [2.24, 2.45) is 0 Å². The van der Waals surface area contributed by atoms with E-state index in [9.17, 15) is 4.79 Å². The number of carbonyl (C=O) groups is 1. The van der Waals surface area contributed by atoms with Crippen LogP contribution in [0.25, 0.3) is 0 Å². The van der Waals surface area contributed by atoms with E-state index in [1.54, 1.807) is 0 Å². The predicted octanol–water partition coefficient (Wildman–Crippen LogP) is 2.39. The van der Waals surface area contributed by atoms with Gasteiger partial charge in [0.2, 0.25) is 0 Å². The number of hydrogen-bond donors (Lipinski definition) is 0. The van der Waals surface area contributed by atoms with E-state index in [2.05, 4.69) is 37.5 Å². The average Bonchev–Trinajstić information content (AvgIpc) is 2.30. The van der Waals surface area contributed by atoms with Crippen molar-refractivity contribution in [1.82, 2.24) is 4.90 Å². The van der Waals surface area contributed by atoms with E-state index < -0.39 is 0 Å². The molecule has 19 heavy (non-hydrogen) atoms. The van der Waals surface area contributed by atoms with E-state index in [0.717, 1.165) is 32.5 Å². The second kappa shape index (κ2) is 5.64. The Morgan fingerprint density at radius 1 is 1.21 bits per heavy atom. The van der Waals surface area contributed by atoms with E-state index in [1.807, 2.05) is 0 Å². The number of rotatable bonds is 1. The molecule has 0 spiro atoms. The second-order valence-corrected chi connectivity index (χ2v) is 6.56. The minimum absolute atomic E-state index is 0.0563. The lowest BCUT2D eigenvalue weighted by Gasteiger charge is -2.40. The third kappa shape index (κ3) is 4.33. The number of nitrogens with zero attached hydrogens (tertiary/aromatic N) is 1. The summed E-state index contributed by atoms with van der Waals surface area (Å²) in [5, 5.41) is 0. The Balaban J connectivity index is 1.87. The molecule has 0 amide bonds. The topological polar surface area (TPSA) is 29.5 Å². The molecule has 3 heteroatoms. The fourth-order valence-electron chi connectivity index (χ4n) is 2.95. The summed E-state index contributed by atoms with van der Waals surface area (Å²) >= 11 is 0. The maximum Gasteiger partial charge on any atom is 0.135 e. The van der Waals surface area contributed by atoms with E-state index in [1.165, 1.54) is 6.42 Å². The highest BCUT2D eigenvalue weighted by Gasteiger charge is 2.35. The minimum atomic E-state index is -0.298. The summed E-state index contributed by atoms with van der Waals surface area (Å²) in [6, 6.07) is 0. The van der Waals surface area contributed by atoms with Crippen LogP contribution in [0.5, 0.6) is 0 Å². The molecular formula is C16H25NO2. The van der Waals surface area contributed by atoms with Crippen LogP contribution in [0, 0.1) is 11.8 Å². The van der Waals surface area contributed by atoms with Crippen LogP contribution < -0.4 is 0 Å². The number of ether oxygens (including phenoxy) is 1. The normalized spacial score (nSPS) is 31.6. The van der Waals surface area contributed by atoms with Crippen molar-refractivity contribution in [2.75, 3.05) is 19.6 Å². The lowest BCUT2D eigenvalue weighted by molar-refractivity contribution is -0.135. The van der Waals surface area contributed by atoms with Gasteiger partial charge in [0.1, 0.15) is 11.4 Å². The van der Waals surface area contributed by atoms with Crippen molar-refractivity contribution in [3.05, 3.63) is 0 Å². The molecule has 2 saturated heterocycles. The first-order chi connectivity index (χ1) is 8.89. The zero-order valence-corrected chi connectivity index (χ0v) is 12.4. The second-order valence-electron chi connectivity index (χ2n) is 6.56. The third-order valence-corrected chi connectivity index (χ3v) is 4.00. The third-order valence-electron chi connectivity index (χ3n) is 4.00. The summed E-state index contributed by atoms with van der Waals surface area (Å²) < 4.78 is 6.12. The first-order valence-electron chi connectivity index (χ1n) is 7.33. The van der Waals surface area contributed by atoms with Gasteiger partial charge in [-0.1, -0.05) is 11.8 Å². The molecule has 2 fully saturated rings. The van der Waals surface area contributed by atoms with E-state index in [-0.39, 0.29) is 11.2 Å². The molecule has 2 aliphatic heterocycles. The predicted molar refractivity (Wildman–Crippen MR) is 75.9 cm³/mol. The van der Waals surface area contributed by atoms with E-state index >= 15 is 0 Å². The molecule has 1 atom stereocenters. The highest BCUT2D eigenvalue weighted by Crippen LogP contribution is 2.34. The molecule has 0 bridgehead atoms. The summed E-state index contributed by atoms with van der Waals surface area (Å²) in [6.07, 6.45) is 4.67. The first kappa shape index (κ1) is 14.6. The fourth-order valence-corrected chi connectivity index (χ4v) is 2.95. The molecule has 0 radical (unpaired) electrons. The van der Waals surface area contributed by atoms with Crippen LogP contribution in [0.1, 0.15) is 52.9 Å². The summed E-state index contributed by atoms with van der Waals surface area (Å²) in [4.78, 5) is 13.4. The average molecular weight is 263 g/mol. The van der Waals surface area contributed by atoms with Gasteiger partial charge in [0.05, 0.1) is 12.1 Å². The lowest BCUT2D eigenvalue weighted by atomic mass is 9.88. The van der Waals surface area contributed by atoms with Crippen LogP contribution in [0.15, 0.2) is 0 Å². The number of piperidine rings is 1. The van der Waals surface area contributed by atoms with Gasteiger partial charge >= 0.3 is 0 Å². The standard InChI is InChI=1S/C16H25NO2/c1-15(2)8-4-9-16(3,19-15)10-5-11-17-12-6-14(18)7-13-17/h4,6-9,11-13H2,1-3H3/t16-/m1/s1. The number of likely N-dealkylation sites (tertiary alicyclic amines) is 1. The first-order valence-corrected chi connectivity index (χ1v) is 7.33. The molecule has 0 aliphatic carbocycles. The molecule has 0 aromatic heterocycles. The quantitative estimate of drug-likeness (QED) is 0.680. The Morgan fingerprint density at radius 3 is 2.53 bits per heavy atom. The summed E-state index contributed by atoms with van der Waals surface area (Å²) in [7, 11) is 0. The van der Waals surface area contributed by atoms with Crippen molar-refractivity contribution in [2.45, 2.75) is 64.1 Å². The van der Waals surface area contributed by atoms with E-state index in [4.69, 9.17) is 4.74 Å². The number of carbonyl (C=O) groups excluding carboxylic acids is 1. The van der Waals surface area contributed by atoms with Crippen molar-refractivity contribution in [3.8, 4) is 11.8 Å². The molecule has 0 unspecified atom stereocenters. The van der Waals surface area contributed by atoms with Crippen molar-refractivity contribution in [3.63, 3.8) is 0 Å². The van der Waals surface area contributed by atoms with Crippen LogP contribution in [0.2, 0.25) is 0 Å². The van der Waals surface area contributed by atoms with Gasteiger partial charge in [0.15, 0.2) is 0 Å². The molecule has 0 saturated carbocycles. The van der Waals surface area contributed by atoms with Gasteiger partial charge in [-0.05, 0) is 40.0 Å². The van der Waals surface area contributed by atoms with Crippen molar-refractivity contribution >= 4 is 5.78 Å². The SMILES string of the molecule is CC1(C)CCC[C@](C)(C#CCN2CCC(=O)CC2)O1. The largest absolute Gasteiger partial charge is 0.357 e. The Hall–Kier alpha value is -0.850. The van der Waals surface area contributed by atoms with Crippen molar-refractivity contribution in [1.29, 1.82) is 0 Å². The van der Waals surface area contributed by atoms with Gasteiger partial charge in [0.25, 0.3) is 0 Å². The van der Waals surface area contributed by atoms with Gasteiger partial charge in [0, 0.05) is 25.9 Å². The molecule has 106 valence electrons. The Morgan fingerprint density at radius 2 is 1.89 bits per heavy atom. The zero-order valence-electron chi connectivity index (χ0n) is 12.4. The van der Waals surface area contributed by atoms with Crippen LogP contribution in [-0.4, -0.2) is 41.5 Å². The van der Waals surface area contributed by atoms with Crippen LogP contribution in [0.4, 0.5) is 0 Å². The summed E-state index contributed by atoms with van der Waals surface area (Å²) in [6.45, 7) is 8.85. The molecule has 0 aromatic carbocycles. The lowest BCUT2D eigenvalue weighted by Crippen LogP contribution is -2.42. The monoisotopic (exact) mass is 263 g/mol. The number of ketones is 1. The maximum atomic E-state index is 11.2. The Kier molecular flexibility index (Phi) is 4.32. The molecule has 2 heterocycles. The van der Waals surface area contributed by atoms with Gasteiger partial charge in [-0.3, -0.25) is 9.69 Å². The van der Waals surface area contributed by atoms with Gasteiger partial charge in [-0.2, -0.15) is 0 Å². The Bertz CT molecular complexity index is 395. The molecule has 2 aliphatic rings. The summed E-state index contributed by atoms with van der Waals surface area (Å²) in [5.41, 5.74) is -0.355. The summed E-state index contributed by atoms with van der Waals surface area (Å²) in [5.74, 6) is 6.95. The zero-order chi connectivity index (χ0) is 13.9. The maximum absolute atomic E-state index is 11.2. The smallest absolute Gasteiger partial charge is 0.135 e. The highest BCUT2D eigenvalue weighted by molar-refractivity contribution is 5.79. The van der Waals surface area contributed by atoms with Crippen LogP contribution in [-0.2, 0) is 9.53 Å². The van der Waals surface area contributed by atoms with Crippen molar-refractivity contribution < 1.29 is 9.53 Å². The minimum Gasteiger partial charge on any atom is -0.357 e. The molecule has 3 nitrogen and oxygen atoms in total. The molecule has 2 rings (SSSR count). The number of hydrogen-bond acceptors (Lipinski definition) is 3. The van der Waals surface area contributed by atoms with Crippen LogP contribution >= 0.6 is 0 Å². The van der Waals surface area contributed by atoms with E-state index in [0.29, 0.717) is 18.6 Å². The van der Waals surface area contributed by atoms with Gasteiger partial charge in [-0.15, -0.1) is 0 Å². The highest BCUT2D eigenvalue weighted by atomic mass is 16.5. The van der Waals surface area contributed by atoms with Gasteiger partial charge < -0.3 is 4.74 Å². The number of Topliss-reactive ketones (excluding diaryl/α,β-unsaturated/α-hetero) is 1.